The standard InChI is InChI=1S/C16H11BrN2O/c17-10-5-6-13-11(8-10)15(16(20)19-13)14-7-9-3-1-2-4-12(9)18-14/h1-6,8,18H,7H2,(H,19,20)/b15-14-/i7D. The van der Waals surface area contributed by atoms with E-state index in [9.17, 15) is 4.79 Å². The minimum atomic E-state index is -0.563. The average molecular weight is 328 g/mol. The highest BCUT2D eigenvalue weighted by Crippen LogP contribution is 2.39. The van der Waals surface area contributed by atoms with Crippen LogP contribution >= 0.6 is 15.9 Å². The van der Waals surface area contributed by atoms with Crippen molar-refractivity contribution in [3.8, 4) is 0 Å². The molecule has 0 saturated carbocycles. The number of nitrogens with one attached hydrogen (secondary N) is 2. The van der Waals surface area contributed by atoms with Crippen LogP contribution in [0.1, 0.15) is 12.5 Å². The summed E-state index contributed by atoms with van der Waals surface area (Å²) in [5, 5.41) is 6.09. The molecule has 20 heavy (non-hydrogen) atoms. The van der Waals surface area contributed by atoms with Crippen LogP contribution in [0, 0.1) is 0 Å². The maximum absolute atomic E-state index is 12.3. The number of benzene rings is 2. The topological polar surface area (TPSA) is 41.1 Å². The van der Waals surface area contributed by atoms with Crippen LogP contribution in [0.15, 0.2) is 52.6 Å². The second kappa shape index (κ2) is 4.21. The predicted molar refractivity (Wildman–Crippen MR) is 83.5 cm³/mol. The molecule has 2 N–H and O–H groups in total. The van der Waals surface area contributed by atoms with Gasteiger partial charge in [0.1, 0.15) is 0 Å². The number of para-hydroxylation sites is 1. The maximum atomic E-state index is 12.3. The molecule has 4 heteroatoms. The number of halogens is 1. The monoisotopic (exact) mass is 327 g/mol. The van der Waals surface area contributed by atoms with Crippen molar-refractivity contribution in [2.24, 2.45) is 0 Å². The summed E-state index contributed by atoms with van der Waals surface area (Å²) in [4.78, 5) is 12.3. The Hall–Kier alpha value is -2.07. The zero-order chi connectivity index (χ0) is 14.6. The van der Waals surface area contributed by atoms with Gasteiger partial charge in [-0.3, -0.25) is 4.79 Å². The molecule has 4 rings (SSSR count). The first-order valence-electron chi connectivity index (χ1n) is 6.86. The smallest absolute Gasteiger partial charge is 0.258 e. The fourth-order valence-electron chi connectivity index (χ4n) is 2.61. The normalized spacial score (nSPS) is 23.8. The predicted octanol–water partition coefficient (Wildman–Crippen LogP) is 3.78. The number of fused-ring (bicyclic) bond motifs is 2. The summed E-state index contributed by atoms with van der Waals surface area (Å²) in [6.45, 7) is 0. The van der Waals surface area contributed by atoms with Gasteiger partial charge in [0.2, 0.25) is 0 Å². The summed E-state index contributed by atoms with van der Waals surface area (Å²) in [7, 11) is 0. The van der Waals surface area contributed by atoms with Crippen molar-refractivity contribution in [1.29, 1.82) is 0 Å². The van der Waals surface area contributed by atoms with E-state index in [0.717, 1.165) is 27.0 Å². The molecule has 1 amide bonds. The van der Waals surface area contributed by atoms with Gasteiger partial charge < -0.3 is 10.6 Å². The van der Waals surface area contributed by atoms with E-state index >= 15 is 0 Å². The van der Waals surface area contributed by atoms with Crippen molar-refractivity contribution in [3.63, 3.8) is 0 Å². The molecule has 0 fully saturated rings. The quantitative estimate of drug-likeness (QED) is 0.723. The number of allylic oxidation sites excluding steroid dienone is 1. The second-order valence-corrected chi connectivity index (χ2v) is 5.70. The summed E-state index contributed by atoms with van der Waals surface area (Å²) >= 11 is 3.44. The zero-order valence-electron chi connectivity index (χ0n) is 11.4. The lowest BCUT2D eigenvalue weighted by molar-refractivity contribution is -0.110. The summed E-state index contributed by atoms with van der Waals surface area (Å²) < 4.78 is 9.32. The molecule has 2 heterocycles. The van der Waals surface area contributed by atoms with Crippen molar-refractivity contribution in [3.05, 3.63) is 63.8 Å². The number of carbonyl (C=O) groups excluding carboxylic acids is 1. The Morgan fingerprint density at radius 1 is 1.10 bits per heavy atom. The van der Waals surface area contributed by atoms with Crippen molar-refractivity contribution in [2.45, 2.75) is 6.40 Å². The molecule has 2 aromatic carbocycles. The molecule has 1 atom stereocenters. The van der Waals surface area contributed by atoms with Gasteiger partial charge in [0.25, 0.3) is 5.91 Å². The molecule has 0 bridgehead atoms. The van der Waals surface area contributed by atoms with Crippen molar-refractivity contribution in [2.75, 3.05) is 10.6 Å². The first-order chi connectivity index (χ1) is 10.1. The van der Waals surface area contributed by atoms with Crippen LogP contribution in [0.25, 0.3) is 5.57 Å². The molecule has 2 aromatic rings. The number of hydrogen-bond donors (Lipinski definition) is 2. The van der Waals surface area contributed by atoms with Gasteiger partial charge in [0.05, 0.1) is 5.57 Å². The van der Waals surface area contributed by atoms with Crippen LogP contribution in [0.5, 0.6) is 0 Å². The number of carbonyl (C=O) groups is 1. The third-order valence-corrected chi connectivity index (χ3v) is 4.02. The molecule has 0 aromatic heterocycles. The summed E-state index contributed by atoms with van der Waals surface area (Å²) in [5.41, 5.74) is 4.62. The van der Waals surface area contributed by atoms with Gasteiger partial charge in [0.15, 0.2) is 0 Å². The first kappa shape index (κ1) is 10.7. The lowest BCUT2D eigenvalue weighted by atomic mass is 10.0. The van der Waals surface area contributed by atoms with Crippen LogP contribution in [0.4, 0.5) is 11.4 Å². The number of anilines is 2. The summed E-state index contributed by atoms with van der Waals surface area (Å²) in [6, 6.07) is 13.3. The van der Waals surface area contributed by atoms with Crippen molar-refractivity contribution < 1.29 is 6.17 Å². The zero-order valence-corrected chi connectivity index (χ0v) is 12.0. The Labute approximate surface area is 126 Å². The molecular weight excluding hydrogens is 316 g/mol. The highest BCUT2D eigenvalue weighted by molar-refractivity contribution is 9.10. The number of hydrogen-bond acceptors (Lipinski definition) is 2. The molecule has 3 nitrogen and oxygen atoms in total. The fourth-order valence-corrected chi connectivity index (χ4v) is 2.98. The number of rotatable bonds is 0. The van der Waals surface area contributed by atoms with Crippen LogP contribution in [-0.4, -0.2) is 5.91 Å². The summed E-state index contributed by atoms with van der Waals surface area (Å²) in [6.07, 6.45) is -0.563. The molecule has 0 spiro atoms. The van der Waals surface area contributed by atoms with E-state index in [1.165, 1.54) is 0 Å². The fraction of sp³-hybridized carbons (Fsp3) is 0.0625. The van der Waals surface area contributed by atoms with E-state index in [4.69, 9.17) is 1.37 Å². The van der Waals surface area contributed by atoms with E-state index in [2.05, 4.69) is 26.6 Å². The van der Waals surface area contributed by atoms with Gasteiger partial charge in [-0.2, -0.15) is 0 Å². The van der Waals surface area contributed by atoms with Gasteiger partial charge in [-0.05, 0) is 29.8 Å². The molecule has 2 aliphatic rings. The highest BCUT2D eigenvalue weighted by Gasteiger charge is 2.30. The van der Waals surface area contributed by atoms with Gasteiger partial charge in [0, 0.05) is 34.9 Å². The molecule has 0 radical (unpaired) electrons. The third kappa shape index (κ3) is 1.68. The van der Waals surface area contributed by atoms with Gasteiger partial charge in [-0.1, -0.05) is 34.1 Å². The lowest BCUT2D eigenvalue weighted by Crippen LogP contribution is -2.08. The SMILES string of the molecule is [2H]C1/C(=C2/C(=O)Nc3ccc(Br)cc32)Nc2ccccc21. The lowest BCUT2D eigenvalue weighted by Gasteiger charge is -2.05. The molecular formula is C16H11BrN2O. The van der Waals surface area contributed by atoms with Gasteiger partial charge in [-0.15, -0.1) is 0 Å². The molecule has 1 unspecified atom stereocenters. The van der Waals surface area contributed by atoms with E-state index in [1.807, 2.05) is 42.5 Å². The highest BCUT2D eigenvalue weighted by atomic mass is 79.9. The van der Waals surface area contributed by atoms with Crippen LogP contribution in [0.3, 0.4) is 0 Å². The molecule has 0 saturated heterocycles. The Morgan fingerprint density at radius 3 is 2.80 bits per heavy atom. The molecule has 98 valence electrons. The average Bonchev–Trinajstić information content (AvgIpc) is 2.96. The van der Waals surface area contributed by atoms with E-state index in [-0.39, 0.29) is 5.91 Å². The third-order valence-electron chi connectivity index (χ3n) is 3.53. The Morgan fingerprint density at radius 2 is 1.95 bits per heavy atom. The largest absolute Gasteiger partial charge is 0.358 e. The van der Waals surface area contributed by atoms with Crippen LogP contribution in [0.2, 0.25) is 0 Å². The molecule has 0 aliphatic carbocycles. The summed E-state index contributed by atoms with van der Waals surface area (Å²) in [5.74, 6) is -0.157. The Kier molecular flexibility index (Phi) is 2.25. The minimum absolute atomic E-state index is 0.157. The maximum Gasteiger partial charge on any atom is 0.258 e. The Balaban J connectivity index is 1.92. The van der Waals surface area contributed by atoms with E-state index < -0.39 is 6.40 Å². The van der Waals surface area contributed by atoms with E-state index in [0.29, 0.717) is 11.3 Å². The first-order valence-corrected chi connectivity index (χ1v) is 7.08. The Bertz CT molecular complexity index is 816. The van der Waals surface area contributed by atoms with Crippen molar-refractivity contribution in [1.82, 2.24) is 0 Å². The molecule has 2 aliphatic heterocycles. The van der Waals surface area contributed by atoms with Gasteiger partial charge in [-0.25, -0.2) is 0 Å². The minimum Gasteiger partial charge on any atom is -0.358 e. The van der Waals surface area contributed by atoms with Crippen LogP contribution in [-0.2, 0) is 11.2 Å². The van der Waals surface area contributed by atoms with Crippen LogP contribution < -0.4 is 10.6 Å². The number of amides is 1. The van der Waals surface area contributed by atoms with Crippen molar-refractivity contribution >= 4 is 38.8 Å². The second-order valence-electron chi connectivity index (χ2n) is 4.79. The van der Waals surface area contributed by atoms with E-state index in [1.54, 1.807) is 0 Å². The van der Waals surface area contributed by atoms with Gasteiger partial charge >= 0.3 is 0 Å².